The van der Waals surface area contributed by atoms with Gasteiger partial charge < -0.3 is 15.7 Å². The van der Waals surface area contributed by atoms with Crippen molar-refractivity contribution in [3.8, 4) is 0 Å². The summed E-state index contributed by atoms with van der Waals surface area (Å²) in [7, 11) is 0. The minimum Gasteiger partial charge on any atom is -0.396 e. The van der Waals surface area contributed by atoms with E-state index >= 15 is 0 Å². The maximum Gasteiger partial charge on any atom is 0.319 e. The number of aromatic nitrogens is 2. The fourth-order valence-electron chi connectivity index (χ4n) is 1.49. The Morgan fingerprint density at radius 2 is 2.00 bits per heavy atom. The summed E-state index contributed by atoms with van der Waals surface area (Å²) in [5.41, 5.74) is 0.434. The van der Waals surface area contributed by atoms with Gasteiger partial charge in [-0.15, -0.1) is 0 Å². The van der Waals surface area contributed by atoms with Gasteiger partial charge in [-0.05, 0) is 11.8 Å². The molecule has 1 aromatic heterocycles. The number of anilines is 1. The van der Waals surface area contributed by atoms with Crippen LogP contribution in [0, 0.1) is 5.41 Å². The monoisotopic (exact) mass is 266 g/mol. The largest absolute Gasteiger partial charge is 0.396 e. The first-order valence-electron chi connectivity index (χ1n) is 6.43. The molecule has 1 rings (SSSR count). The molecule has 0 unspecified atom stereocenters. The molecule has 6 heteroatoms. The van der Waals surface area contributed by atoms with E-state index in [2.05, 4.69) is 20.6 Å². The van der Waals surface area contributed by atoms with Crippen molar-refractivity contribution in [3.63, 3.8) is 0 Å². The quantitative estimate of drug-likeness (QED) is 0.729. The highest BCUT2D eigenvalue weighted by Crippen LogP contribution is 2.17. The number of hydrogen-bond donors (Lipinski definition) is 3. The van der Waals surface area contributed by atoms with Crippen molar-refractivity contribution in [3.05, 3.63) is 18.2 Å². The summed E-state index contributed by atoms with van der Waals surface area (Å²) in [6.07, 6.45) is 4.58. The van der Waals surface area contributed by atoms with Crippen LogP contribution in [0.25, 0.3) is 0 Å². The van der Waals surface area contributed by atoms with E-state index in [1.807, 2.05) is 20.8 Å². The standard InChI is InChI=1S/C13H22N4O2/c1-4-11-14-7-10(8-15-11)17-12(19)16-9-13(2,3)5-6-18/h7-8,18H,4-6,9H2,1-3H3,(H2,16,17,19). The topological polar surface area (TPSA) is 87.1 Å². The molecule has 3 N–H and O–H groups in total. The van der Waals surface area contributed by atoms with Crippen LogP contribution < -0.4 is 10.6 Å². The van der Waals surface area contributed by atoms with Gasteiger partial charge in [-0.25, -0.2) is 14.8 Å². The lowest BCUT2D eigenvalue weighted by molar-refractivity contribution is 0.204. The molecule has 106 valence electrons. The molecule has 0 fully saturated rings. The number of carbonyl (C=O) groups excluding carboxylic acids is 1. The lowest BCUT2D eigenvalue weighted by atomic mass is 9.90. The van der Waals surface area contributed by atoms with Crippen molar-refractivity contribution >= 4 is 11.7 Å². The predicted octanol–water partition coefficient (Wildman–Crippen LogP) is 1.57. The van der Waals surface area contributed by atoms with E-state index in [0.717, 1.165) is 12.2 Å². The zero-order chi connectivity index (χ0) is 14.3. The number of nitrogens with one attached hydrogen (secondary N) is 2. The Balaban J connectivity index is 2.42. The van der Waals surface area contributed by atoms with Crippen molar-refractivity contribution in [1.29, 1.82) is 0 Å². The Bertz CT molecular complexity index is 404. The molecule has 0 aliphatic rings. The third-order valence-corrected chi connectivity index (χ3v) is 2.80. The predicted molar refractivity (Wildman–Crippen MR) is 73.9 cm³/mol. The molecule has 0 saturated heterocycles. The maximum atomic E-state index is 11.7. The fraction of sp³-hybridized carbons (Fsp3) is 0.615. The van der Waals surface area contributed by atoms with Crippen LogP contribution in [0.15, 0.2) is 12.4 Å². The van der Waals surface area contributed by atoms with Gasteiger partial charge in [-0.3, -0.25) is 0 Å². The normalized spacial score (nSPS) is 11.2. The third kappa shape index (κ3) is 5.65. The molecule has 0 spiro atoms. The minimum absolute atomic E-state index is 0.114. The van der Waals surface area contributed by atoms with E-state index in [0.29, 0.717) is 18.7 Å². The Kier molecular flexibility index (Phi) is 5.69. The highest BCUT2D eigenvalue weighted by atomic mass is 16.3. The second-order valence-corrected chi connectivity index (χ2v) is 5.19. The average molecular weight is 266 g/mol. The molecule has 1 aromatic rings. The van der Waals surface area contributed by atoms with Crippen molar-refractivity contribution in [2.24, 2.45) is 5.41 Å². The first kappa shape index (κ1) is 15.4. The number of carbonyl (C=O) groups is 1. The van der Waals surface area contributed by atoms with Gasteiger partial charge in [0, 0.05) is 19.6 Å². The van der Waals surface area contributed by atoms with Gasteiger partial charge in [0.1, 0.15) is 5.82 Å². The maximum absolute atomic E-state index is 11.7. The van der Waals surface area contributed by atoms with Gasteiger partial charge in [0.2, 0.25) is 0 Å². The second-order valence-electron chi connectivity index (χ2n) is 5.19. The van der Waals surface area contributed by atoms with Crippen LogP contribution in [-0.4, -0.2) is 34.3 Å². The Morgan fingerprint density at radius 1 is 1.37 bits per heavy atom. The van der Waals surface area contributed by atoms with Gasteiger partial charge in [0.15, 0.2) is 0 Å². The van der Waals surface area contributed by atoms with E-state index in [-0.39, 0.29) is 18.1 Å². The summed E-state index contributed by atoms with van der Waals surface area (Å²) in [5.74, 6) is 0.745. The zero-order valence-corrected chi connectivity index (χ0v) is 11.7. The van der Waals surface area contributed by atoms with Gasteiger partial charge in [-0.2, -0.15) is 0 Å². The summed E-state index contributed by atoms with van der Waals surface area (Å²) in [6.45, 7) is 6.56. The van der Waals surface area contributed by atoms with Gasteiger partial charge in [-0.1, -0.05) is 20.8 Å². The molecule has 0 aliphatic heterocycles. The molecule has 6 nitrogen and oxygen atoms in total. The molecule has 0 aromatic carbocycles. The number of aryl methyl sites for hydroxylation is 1. The summed E-state index contributed by atoms with van der Waals surface area (Å²) >= 11 is 0. The van der Waals surface area contributed by atoms with E-state index in [4.69, 9.17) is 5.11 Å². The number of amides is 2. The fourth-order valence-corrected chi connectivity index (χ4v) is 1.49. The average Bonchev–Trinajstić information content (AvgIpc) is 2.37. The van der Waals surface area contributed by atoms with Crippen LogP contribution in [0.5, 0.6) is 0 Å². The third-order valence-electron chi connectivity index (χ3n) is 2.80. The molecule has 0 radical (unpaired) electrons. The molecule has 0 atom stereocenters. The van der Waals surface area contributed by atoms with E-state index in [1.54, 1.807) is 12.4 Å². The lowest BCUT2D eigenvalue weighted by Gasteiger charge is -2.23. The molecule has 2 amide bonds. The number of rotatable bonds is 6. The van der Waals surface area contributed by atoms with Crippen LogP contribution in [0.2, 0.25) is 0 Å². The minimum atomic E-state index is -0.293. The van der Waals surface area contributed by atoms with Gasteiger partial charge in [0.05, 0.1) is 18.1 Å². The van der Waals surface area contributed by atoms with E-state index in [9.17, 15) is 4.79 Å². The molecule has 0 saturated carbocycles. The van der Waals surface area contributed by atoms with E-state index < -0.39 is 0 Å². The SMILES string of the molecule is CCc1ncc(NC(=O)NCC(C)(C)CCO)cn1. The van der Waals surface area contributed by atoms with Crippen LogP contribution in [0.4, 0.5) is 10.5 Å². The molecule has 0 aliphatic carbocycles. The number of urea groups is 1. The van der Waals surface area contributed by atoms with Crippen LogP contribution in [0.3, 0.4) is 0 Å². The highest BCUT2D eigenvalue weighted by Gasteiger charge is 2.18. The van der Waals surface area contributed by atoms with Crippen LogP contribution in [-0.2, 0) is 6.42 Å². The summed E-state index contributed by atoms with van der Waals surface area (Å²) in [5, 5.41) is 14.3. The van der Waals surface area contributed by atoms with Crippen molar-refractivity contribution in [2.45, 2.75) is 33.6 Å². The molecule has 1 heterocycles. The van der Waals surface area contributed by atoms with Gasteiger partial charge in [0.25, 0.3) is 0 Å². The number of nitrogens with zero attached hydrogens (tertiary/aromatic N) is 2. The van der Waals surface area contributed by atoms with E-state index in [1.165, 1.54) is 0 Å². The highest BCUT2D eigenvalue weighted by molar-refractivity contribution is 5.88. The van der Waals surface area contributed by atoms with Crippen LogP contribution >= 0.6 is 0 Å². The van der Waals surface area contributed by atoms with Crippen molar-refractivity contribution in [2.75, 3.05) is 18.5 Å². The van der Waals surface area contributed by atoms with Crippen LogP contribution in [0.1, 0.15) is 33.0 Å². The Hall–Kier alpha value is -1.69. The number of aliphatic hydroxyl groups is 1. The smallest absolute Gasteiger partial charge is 0.319 e. The lowest BCUT2D eigenvalue weighted by Crippen LogP contribution is -2.37. The summed E-state index contributed by atoms with van der Waals surface area (Å²) in [4.78, 5) is 19.9. The molecule has 0 bridgehead atoms. The van der Waals surface area contributed by atoms with Gasteiger partial charge >= 0.3 is 6.03 Å². The zero-order valence-electron chi connectivity index (χ0n) is 11.7. The number of hydrogen-bond acceptors (Lipinski definition) is 4. The Morgan fingerprint density at radius 3 is 2.53 bits per heavy atom. The summed E-state index contributed by atoms with van der Waals surface area (Å²) in [6, 6.07) is -0.293. The van der Waals surface area contributed by atoms with Crippen molar-refractivity contribution in [1.82, 2.24) is 15.3 Å². The molecular formula is C13H22N4O2. The molecule has 19 heavy (non-hydrogen) atoms. The number of aliphatic hydroxyl groups excluding tert-OH is 1. The van der Waals surface area contributed by atoms with Crippen molar-refractivity contribution < 1.29 is 9.90 Å². The molecular weight excluding hydrogens is 244 g/mol. The summed E-state index contributed by atoms with van der Waals surface area (Å²) < 4.78 is 0. The second kappa shape index (κ2) is 7.04. The first-order chi connectivity index (χ1) is 8.96. The Labute approximate surface area is 113 Å². The first-order valence-corrected chi connectivity index (χ1v) is 6.43.